The third-order valence-electron chi connectivity index (χ3n) is 5.77. The minimum absolute atomic E-state index is 0.134. The van der Waals surface area contributed by atoms with E-state index in [-0.39, 0.29) is 5.41 Å². The Bertz CT molecular complexity index is 953. The van der Waals surface area contributed by atoms with Crippen molar-refractivity contribution >= 4 is 5.57 Å². The van der Waals surface area contributed by atoms with Gasteiger partial charge in [-0.2, -0.15) is 0 Å². The van der Waals surface area contributed by atoms with E-state index in [1.165, 1.54) is 39.0 Å². The van der Waals surface area contributed by atoms with Crippen LogP contribution in [0, 0.1) is 13.8 Å². The molecule has 3 aromatic rings. The van der Waals surface area contributed by atoms with E-state index < -0.39 is 0 Å². The summed E-state index contributed by atoms with van der Waals surface area (Å²) in [5.74, 6) is 0. The first-order valence-corrected chi connectivity index (χ1v) is 9.71. The summed E-state index contributed by atoms with van der Waals surface area (Å²) >= 11 is 0. The van der Waals surface area contributed by atoms with E-state index in [1.54, 1.807) is 0 Å². The number of hydrogen-bond donors (Lipinski definition) is 0. The average molecular weight is 351 g/mol. The monoisotopic (exact) mass is 350 g/mol. The molecule has 0 amide bonds. The fourth-order valence-electron chi connectivity index (χ4n) is 4.33. The maximum absolute atomic E-state index is 2.31. The molecule has 0 heteroatoms. The second-order valence-corrected chi connectivity index (χ2v) is 7.58. The number of benzene rings is 3. The van der Waals surface area contributed by atoms with Crippen LogP contribution in [0.15, 0.2) is 91.0 Å². The van der Waals surface area contributed by atoms with E-state index in [0.717, 1.165) is 6.42 Å². The van der Waals surface area contributed by atoms with Crippen molar-refractivity contribution in [2.45, 2.75) is 32.6 Å². The van der Waals surface area contributed by atoms with Crippen molar-refractivity contribution in [1.29, 1.82) is 0 Å². The van der Waals surface area contributed by atoms with Gasteiger partial charge in [0.25, 0.3) is 0 Å². The number of hydrogen-bond acceptors (Lipinski definition) is 0. The number of allylic oxidation sites excluding steroid dienone is 4. The van der Waals surface area contributed by atoms with Gasteiger partial charge >= 0.3 is 0 Å². The lowest BCUT2D eigenvalue weighted by Crippen LogP contribution is -2.26. The largest absolute Gasteiger partial charge is 0.0877 e. The standard InChI is InChI=1S/C27H26/c1-4-5-8-22-19-27(23-15-11-20(2)12-16-23,24-17-13-21(3)14-18-24)26-10-7-6-9-25(22)26/h4-18H,19H2,1-3H3/b5-4-,22-8+. The summed E-state index contributed by atoms with van der Waals surface area (Å²) in [7, 11) is 0. The van der Waals surface area contributed by atoms with Gasteiger partial charge in [0.2, 0.25) is 0 Å². The molecule has 0 aliphatic heterocycles. The maximum atomic E-state index is 2.31. The molecular formula is C27H26. The van der Waals surface area contributed by atoms with Gasteiger partial charge in [-0.1, -0.05) is 102 Å². The first-order valence-electron chi connectivity index (χ1n) is 9.71. The molecular weight excluding hydrogens is 324 g/mol. The molecule has 0 saturated carbocycles. The zero-order valence-corrected chi connectivity index (χ0v) is 16.4. The fourth-order valence-corrected chi connectivity index (χ4v) is 4.33. The van der Waals surface area contributed by atoms with Crippen LogP contribution in [0.3, 0.4) is 0 Å². The third-order valence-corrected chi connectivity index (χ3v) is 5.77. The van der Waals surface area contributed by atoms with Crippen molar-refractivity contribution < 1.29 is 0 Å². The maximum Gasteiger partial charge on any atom is 0.0497 e. The molecule has 4 rings (SSSR count). The van der Waals surface area contributed by atoms with Crippen LogP contribution < -0.4 is 0 Å². The second-order valence-electron chi connectivity index (χ2n) is 7.58. The molecule has 0 saturated heterocycles. The first kappa shape index (κ1) is 17.5. The Labute approximate surface area is 162 Å². The summed E-state index contributed by atoms with van der Waals surface area (Å²) in [5.41, 5.74) is 9.39. The van der Waals surface area contributed by atoms with Crippen LogP contribution in [0.25, 0.3) is 5.57 Å². The summed E-state index contributed by atoms with van der Waals surface area (Å²) in [6.07, 6.45) is 7.53. The lowest BCUT2D eigenvalue weighted by molar-refractivity contribution is 0.661. The van der Waals surface area contributed by atoms with Crippen molar-refractivity contribution in [3.8, 4) is 0 Å². The van der Waals surface area contributed by atoms with Crippen molar-refractivity contribution in [1.82, 2.24) is 0 Å². The van der Waals surface area contributed by atoms with Crippen LogP contribution in [0.1, 0.15) is 46.7 Å². The Morgan fingerprint density at radius 2 is 1.30 bits per heavy atom. The van der Waals surface area contributed by atoms with Gasteiger partial charge in [0.15, 0.2) is 0 Å². The van der Waals surface area contributed by atoms with Gasteiger partial charge < -0.3 is 0 Å². The normalized spacial score (nSPS) is 16.8. The van der Waals surface area contributed by atoms with Gasteiger partial charge in [-0.25, -0.2) is 0 Å². The van der Waals surface area contributed by atoms with Gasteiger partial charge in [0, 0.05) is 5.41 Å². The van der Waals surface area contributed by atoms with E-state index in [4.69, 9.17) is 0 Å². The molecule has 0 unspecified atom stereocenters. The highest BCUT2D eigenvalue weighted by molar-refractivity contribution is 5.81. The quantitative estimate of drug-likeness (QED) is 0.477. The molecule has 0 fully saturated rings. The van der Waals surface area contributed by atoms with E-state index in [1.807, 2.05) is 0 Å². The van der Waals surface area contributed by atoms with Crippen molar-refractivity contribution in [2.75, 3.05) is 0 Å². The average Bonchev–Trinajstić information content (AvgIpc) is 3.03. The number of aryl methyl sites for hydroxylation is 2. The topological polar surface area (TPSA) is 0 Å². The highest BCUT2D eigenvalue weighted by Crippen LogP contribution is 2.53. The lowest BCUT2D eigenvalue weighted by atomic mass is 9.70. The lowest BCUT2D eigenvalue weighted by Gasteiger charge is -2.32. The molecule has 0 N–H and O–H groups in total. The summed E-state index contributed by atoms with van der Waals surface area (Å²) in [6.45, 7) is 6.38. The summed E-state index contributed by atoms with van der Waals surface area (Å²) < 4.78 is 0. The Balaban J connectivity index is 2.02. The molecule has 27 heavy (non-hydrogen) atoms. The molecule has 134 valence electrons. The molecule has 0 spiro atoms. The molecule has 0 heterocycles. The smallest absolute Gasteiger partial charge is 0.0497 e. The van der Waals surface area contributed by atoms with E-state index in [0.29, 0.717) is 0 Å². The predicted octanol–water partition coefficient (Wildman–Crippen LogP) is 7.00. The molecule has 3 aromatic carbocycles. The highest BCUT2D eigenvalue weighted by Gasteiger charge is 2.43. The highest BCUT2D eigenvalue weighted by atomic mass is 14.5. The van der Waals surface area contributed by atoms with Gasteiger partial charge in [0.05, 0.1) is 0 Å². The molecule has 0 bridgehead atoms. The summed E-state index contributed by atoms with van der Waals surface area (Å²) in [6, 6.07) is 27.1. The van der Waals surface area contributed by atoms with Crippen LogP contribution in [0.5, 0.6) is 0 Å². The molecule has 0 aromatic heterocycles. The third kappa shape index (κ3) is 2.96. The van der Waals surface area contributed by atoms with Crippen LogP contribution >= 0.6 is 0 Å². The second kappa shape index (κ2) is 7.04. The fraction of sp³-hybridized carbons (Fsp3) is 0.185. The van der Waals surface area contributed by atoms with E-state index >= 15 is 0 Å². The van der Waals surface area contributed by atoms with Crippen molar-refractivity contribution in [3.63, 3.8) is 0 Å². The van der Waals surface area contributed by atoms with Crippen LogP contribution in [0.2, 0.25) is 0 Å². The van der Waals surface area contributed by atoms with Crippen LogP contribution in [-0.2, 0) is 5.41 Å². The van der Waals surface area contributed by atoms with Crippen LogP contribution in [0.4, 0.5) is 0 Å². The Morgan fingerprint density at radius 3 is 1.85 bits per heavy atom. The minimum Gasteiger partial charge on any atom is -0.0877 e. The van der Waals surface area contributed by atoms with E-state index in [2.05, 4.69) is 112 Å². The van der Waals surface area contributed by atoms with Gasteiger partial charge in [0.1, 0.15) is 0 Å². The first-order chi connectivity index (χ1) is 13.1. The Morgan fingerprint density at radius 1 is 0.741 bits per heavy atom. The Kier molecular flexibility index (Phi) is 4.58. The predicted molar refractivity (Wildman–Crippen MR) is 116 cm³/mol. The molecule has 0 radical (unpaired) electrons. The van der Waals surface area contributed by atoms with Crippen molar-refractivity contribution in [3.05, 3.63) is 124 Å². The molecule has 0 nitrogen and oxygen atoms in total. The zero-order valence-electron chi connectivity index (χ0n) is 16.4. The Hall–Kier alpha value is -2.86. The van der Waals surface area contributed by atoms with Gasteiger partial charge in [-0.3, -0.25) is 0 Å². The summed E-state index contributed by atoms with van der Waals surface area (Å²) in [5, 5.41) is 0. The van der Waals surface area contributed by atoms with Gasteiger partial charge in [-0.05, 0) is 55.0 Å². The summed E-state index contributed by atoms with van der Waals surface area (Å²) in [4.78, 5) is 0. The van der Waals surface area contributed by atoms with Crippen LogP contribution in [-0.4, -0.2) is 0 Å². The van der Waals surface area contributed by atoms with E-state index in [9.17, 15) is 0 Å². The molecule has 1 aliphatic rings. The molecule has 0 atom stereocenters. The SMILES string of the molecule is C/C=C\C=C1/CC(c2ccc(C)cc2)(c2ccc(C)cc2)c2ccccc21. The molecule has 1 aliphatic carbocycles. The minimum atomic E-state index is -0.134. The van der Waals surface area contributed by atoms with Gasteiger partial charge in [-0.15, -0.1) is 0 Å². The number of rotatable bonds is 3. The zero-order chi connectivity index (χ0) is 18.9. The number of fused-ring (bicyclic) bond motifs is 1. The van der Waals surface area contributed by atoms with Crippen molar-refractivity contribution in [2.24, 2.45) is 0 Å².